The summed E-state index contributed by atoms with van der Waals surface area (Å²) in [7, 11) is 0. The Morgan fingerprint density at radius 1 is 0.967 bits per heavy atom. The number of nitrogens with zero attached hydrogens (tertiary/aromatic N) is 1. The fraction of sp³-hybridized carbons (Fsp3) is 0.273. The predicted molar refractivity (Wildman–Crippen MR) is 125 cm³/mol. The van der Waals surface area contributed by atoms with E-state index in [0.717, 1.165) is 37.9 Å². The first-order valence-electron chi connectivity index (χ1n) is 9.69. The van der Waals surface area contributed by atoms with Gasteiger partial charge in [0.15, 0.2) is 0 Å². The van der Waals surface area contributed by atoms with E-state index in [1.807, 2.05) is 17.1 Å². The minimum Gasteiger partial charge on any atom is -0.354 e. The first-order chi connectivity index (χ1) is 14.3. The Bertz CT molecular complexity index is 967. The highest BCUT2D eigenvalue weighted by Crippen LogP contribution is 2.30. The number of anilines is 1. The lowest BCUT2D eigenvalue weighted by molar-refractivity contribution is -0.119. The summed E-state index contributed by atoms with van der Waals surface area (Å²) in [5.74, 6) is -0.440. The maximum absolute atomic E-state index is 12.7. The van der Waals surface area contributed by atoms with Gasteiger partial charge in [-0.05, 0) is 55.7 Å². The third-order valence-electron chi connectivity index (χ3n) is 4.92. The topological polar surface area (TPSA) is 68.2 Å². The molecule has 0 saturated carbocycles. The van der Waals surface area contributed by atoms with Crippen molar-refractivity contribution >= 4 is 57.8 Å². The second-order valence-electron chi connectivity index (χ2n) is 7.12. The lowest BCUT2D eigenvalue weighted by atomic mass is 10.0. The monoisotopic (exact) mass is 464 g/mol. The lowest BCUT2D eigenvalue weighted by Gasteiger charge is -2.27. The Balaban J connectivity index is 1.92. The van der Waals surface area contributed by atoms with E-state index < -0.39 is 5.91 Å². The molecule has 1 heterocycles. The van der Waals surface area contributed by atoms with Gasteiger partial charge in [0.25, 0.3) is 5.91 Å². The third kappa shape index (κ3) is 5.76. The number of benzene rings is 2. The summed E-state index contributed by atoms with van der Waals surface area (Å²) in [4.78, 5) is 12.7. The zero-order chi connectivity index (χ0) is 21.7. The van der Waals surface area contributed by atoms with Crippen LogP contribution in [0.25, 0.3) is 5.70 Å². The summed E-state index contributed by atoms with van der Waals surface area (Å²) >= 11 is 18.4. The number of piperidine rings is 1. The summed E-state index contributed by atoms with van der Waals surface area (Å²) in [5.41, 5.74) is 5.19. The molecular weight excluding hydrogens is 443 g/mol. The average molecular weight is 466 g/mol. The molecule has 0 atom stereocenters. The minimum atomic E-state index is -0.440. The Kier molecular flexibility index (Phi) is 7.78. The van der Waals surface area contributed by atoms with Crippen LogP contribution >= 0.6 is 34.8 Å². The van der Waals surface area contributed by atoms with Crippen molar-refractivity contribution in [2.75, 3.05) is 18.4 Å². The molecular formula is C22H23Cl3N4O. The molecule has 0 aromatic heterocycles. The number of hydrogen-bond donors (Lipinski definition) is 3. The van der Waals surface area contributed by atoms with Gasteiger partial charge in [0.2, 0.25) is 0 Å². The Hall–Kier alpha value is -2.05. The van der Waals surface area contributed by atoms with Crippen molar-refractivity contribution < 1.29 is 4.79 Å². The van der Waals surface area contributed by atoms with E-state index in [1.54, 1.807) is 37.3 Å². The molecule has 158 valence electrons. The number of amides is 1. The number of carbonyl (C=O) groups is 1. The Labute approximate surface area is 191 Å². The van der Waals surface area contributed by atoms with E-state index in [0.29, 0.717) is 32.0 Å². The fourth-order valence-corrected chi connectivity index (χ4v) is 3.81. The van der Waals surface area contributed by atoms with Gasteiger partial charge in [0, 0.05) is 28.7 Å². The lowest BCUT2D eigenvalue weighted by Crippen LogP contribution is -2.47. The van der Waals surface area contributed by atoms with Crippen LogP contribution in [-0.4, -0.2) is 29.7 Å². The molecule has 5 nitrogen and oxygen atoms in total. The molecule has 0 aliphatic carbocycles. The molecule has 0 bridgehead atoms. The standard InChI is InChI=1S/C22H23Cl3N4O/c1-14(20(26)22(30)28-29-11-3-2-4-12-29)21(15-5-7-16(23)8-6-15)27-19-10-9-17(24)13-18(19)25/h5-10,13,26-27H,2-4,11-12H2,1H3,(H,28,30)/b21-14-,26-20?. The number of carbonyl (C=O) groups excluding carboxylic acids is 1. The van der Waals surface area contributed by atoms with Crippen LogP contribution in [0.3, 0.4) is 0 Å². The van der Waals surface area contributed by atoms with Crippen molar-refractivity contribution in [3.8, 4) is 0 Å². The molecule has 0 radical (unpaired) electrons. The SMILES string of the molecule is C/C(C(=N)C(=O)NN1CCCCC1)=C(/Nc1ccc(Cl)cc1Cl)c1ccc(Cl)cc1. The smallest absolute Gasteiger partial charge is 0.283 e. The van der Waals surface area contributed by atoms with Crippen LogP contribution in [-0.2, 0) is 4.79 Å². The average Bonchev–Trinajstić information content (AvgIpc) is 2.74. The molecule has 2 aromatic rings. The van der Waals surface area contributed by atoms with Gasteiger partial charge in [-0.15, -0.1) is 0 Å². The summed E-state index contributed by atoms with van der Waals surface area (Å²) in [6, 6.07) is 12.3. The van der Waals surface area contributed by atoms with Crippen LogP contribution in [0.1, 0.15) is 31.7 Å². The molecule has 1 saturated heterocycles. The summed E-state index contributed by atoms with van der Waals surface area (Å²) in [6.45, 7) is 3.33. The largest absolute Gasteiger partial charge is 0.354 e. The van der Waals surface area contributed by atoms with Crippen LogP contribution < -0.4 is 10.7 Å². The van der Waals surface area contributed by atoms with Crippen molar-refractivity contribution in [3.05, 3.63) is 68.7 Å². The van der Waals surface area contributed by atoms with Crippen LogP contribution in [0, 0.1) is 5.41 Å². The summed E-state index contributed by atoms with van der Waals surface area (Å²) in [6.07, 6.45) is 3.24. The molecule has 0 unspecified atom stereocenters. The maximum Gasteiger partial charge on any atom is 0.283 e. The van der Waals surface area contributed by atoms with Gasteiger partial charge in [0.1, 0.15) is 5.71 Å². The first-order valence-corrected chi connectivity index (χ1v) is 10.8. The second kappa shape index (κ2) is 10.3. The molecule has 3 N–H and O–H groups in total. The number of hydrazine groups is 1. The van der Waals surface area contributed by atoms with E-state index in [9.17, 15) is 4.79 Å². The summed E-state index contributed by atoms with van der Waals surface area (Å²) in [5, 5.41) is 15.2. The molecule has 1 amide bonds. The number of rotatable bonds is 6. The maximum atomic E-state index is 12.7. The van der Waals surface area contributed by atoms with Crippen LogP contribution in [0.2, 0.25) is 15.1 Å². The molecule has 2 aromatic carbocycles. The number of hydrogen-bond acceptors (Lipinski definition) is 4. The molecule has 30 heavy (non-hydrogen) atoms. The first kappa shape index (κ1) is 22.6. The molecule has 1 fully saturated rings. The molecule has 1 aliphatic rings. The number of halogens is 3. The minimum absolute atomic E-state index is 0.122. The van der Waals surface area contributed by atoms with E-state index in [1.165, 1.54) is 0 Å². The molecule has 1 aliphatic heterocycles. The van der Waals surface area contributed by atoms with Crippen molar-refractivity contribution in [1.29, 1.82) is 5.41 Å². The van der Waals surface area contributed by atoms with Crippen molar-refractivity contribution in [2.24, 2.45) is 0 Å². The third-order valence-corrected chi connectivity index (χ3v) is 5.72. The summed E-state index contributed by atoms with van der Waals surface area (Å²) < 4.78 is 0. The molecule has 3 rings (SSSR count). The quantitative estimate of drug-likeness (QED) is 0.456. The second-order valence-corrected chi connectivity index (χ2v) is 8.40. The van der Waals surface area contributed by atoms with Gasteiger partial charge in [0.05, 0.1) is 16.4 Å². The van der Waals surface area contributed by atoms with Gasteiger partial charge in [-0.1, -0.05) is 53.4 Å². The van der Waals surface area contributed by atoms with Crippen LogP contribution in [0.4, 0.5) is 5.69 Å². The van der Waals surface area contributed by atoms with E-state index in [4.69, 9.17) is 40.2 Å². The zero-order valence-corrected chi connectivity index (χ0v) is 18.8. The van der Waals surface area contributed by atoms with E-state index in [-0.39, 0.29) is 5.71 Å². The van der Waals surface area contributed by atoms with E-state index >= 15 is 0 Å². The van der Waals surface area contributed by atoms with Crippen molar-refractivity contribution in [1.82, 2.24) is 10.4 Å². The van der Waals surface area contributed by atoms with Gasteiger partial charge in [-0.3, -0.25) is 15.6 Å². The molecule has 0 spiro atoms. The van der Waals surface area contributed by atoms with Gasteiger partial charge in [-0.25, -0.2) is 5.01 Å². The highest BCUT2D eigenvalue weighted by molar-refractivity contribution is 6.45. The van der Waals surface area contributed by atoms with Crippen LogP contribution in [0.5, 0.6) is 0 Å². The molecule has 8 heteroatoms. The highest BCUT2D eigenvalue weighted by Gasteiger charge is 2.20. The van der Waals surface area contributed by atoms with Gasteiger partial charge < -0.3 is 5.32 Å². The van der Waals surface area contributed by atoms with Crippen molar-refractivity contribution in [2.45, 2.75) is 26.2 Å². The predicted octanol–water partition coefficient (Wildman–Crippen LogP) is 6.03. The Morgan fingerprint density at radius 2 is 1.60 bits per heavy atom. The highest BCUT2D eigenvalue weighted by atomic mass is 35.5. The fourth-order valence-electron chi connectivity index (χ4n) is 3.23. The normalized spacial score (nSPS) is 15.3. The van der Waals surface area contributed by atoms with Crippen molar-refractivity contribution in [3.63, 3.8) is 0 Å². The van der Waals surface area contributed by atoms with Gasteiger partial charge >= 0.3 is 0 Å². The van der Waals surface area contributed by atoms with Crippen LogP contribution in [0.15, 0.2) is 48.0 Å². The van der Waals surface area contributed by atoms with Gasteiger partial charge in [-0.2, -0.15) is 0 Å². The van der Waals surface area contributed by atoms with E-state index in [2.05, 4.69) is 10.7 Å². The zero-order valence-electron chi connectivity index (χ0n) is 16.6. The Morgan fingerprint density at radius 3 is 2.23 bits per heavy atom. The number of nitrogens with one attached hydrogen (secondary N) is 3.